The lowest BCUT2D eigenvalue weighted by Crippen LogP contribution is -2.41. The van der Waals surface area contributed by atoms with Crippen molar-refractivity contribution in [2.24, 2.45) is 0 Å². The minimum Gasteiger partial charge on any atom is -0.462 e. The highest BCUT2D eigenvalue weighted by atomic mass is 28.4. The van der Waals surface area contributed by atoms with Crippen LogP contribution in [0.4, 0.5) is 0 Å². The number of rotatable bonds is 4. The summed E-state index contributed by atoms with van der Waals surface area (Å²) >= 11 is 0. The number of carbonyl (C=O) groups is 1. The Bertz CT molecular complexity index is 342. The molecule has 0 aromatic heterocycles. The van der Waals surface area contributed by atoms with E-state index >= 15 is 0 Å². The molecule has 1 atom stereocenters. The highest BCUT2D eigenvalue weighted by molar-refractivity contribution is 6.74. The molecule has 1 aliphatic rings. The number of allylic oxidation sites excluding steroid dienone is 1. The zero-order chi connectivity index (χ0) is 15.2. The maximum Gasteiger partial charge on any atom is 0.306 e. The summed E-state index contributed by atoms with van der Waals surface area (Å²) in [6, 6.07) is 0. The summed E-state index contributed by atoms with van der Waals surface area (Å²) in [7, 11) is -1.70. The molecule has 1 heterocycles. The van der Waals surface area contributed by atoms with E-state index in [1.807, 2.05) is 0 Å². The summed E-state index contributed by atoms with van der Waals surface area (Å²) in [6.45, 7) is 11.9. The molecule has 0 bridgehead atoms. The van der Waals surface area contributed by atoms with Crippen molar-refractivity contribution in [2.45, 2.75) is 77.1 Å². The Kier molecular flexibility index (Phi) is 6.46. The average molecular weight is 298 g/mol. The third kappa shape index (κ3) is 5.79. The first-order valence-corrected chi connectivity index (χ1v) is 10.6. The SMILES string of the molecule is CC(C)(C)[Si](C)(C)OCCC1C/C=C\CCCC(=O)O1. The molecule has 0 spiro atoms. The van der Waals surface area contributed by atoms with E-state index < -0.39 is 8.32 Å². The quantitative estimate of drug-likeness (QED) is 0.437. The summed E-state index contributed by atoms with van der Waals surface area (Å²) in [5.41, 5.74) is 0. The fourth-order valence-corrected chi connectivity index (χ4v) is 2.92. The Balaban J connectivity index is 2.44. The van der Waals surface area contributed by atoms with Crippen molar-refractivity contribution in [1.82, 2.24) is 0 Å². The van der Waals surface area contributed by atoms with E-state index in [-0.39, 0.29) is 17.1 Å². The van der Waals surface area contributed by atoms with Gasteiger partial charge in [0.2, 0.25) is 0 Å². The smallest absolute Gasteiger partial charge is 0.306 e. The van der Waals surface area contributed by atoms with Gasteiger partial charge in [-0.05, 0) is 31.0 Å². The molecule has 4 heteroatoms. The van der Waals surface area contributed by atoms with E-state index in [1.165, 1.54) is 0 Å². The molecule has 20 heavy (non-hydrogen) atoms. The van der Waals surface area contributed by atoms with Crippen LogP contribution < -0.4 is 0 Å². The monoisotopic (exact) mass is 298 g/mol. The number of esters is 1. The van der Waals surface area contributed by atoms with Gasteiger partial charge in [-0.3, -0.25) is 4.79 Å². The summed E-state index contributed by atoms with van der Waals surface area (Å²) in [5, 5.41) is 0.224. The summed E-state index contributed by atoms with van der Waals surface area (Å²) < 4.78 is 11.7. The minimum absolute atomic E-state index is 0.0263. The Morgan fingerprint density at radius 3 is 2.70 bits per heavy atom. The van der Waals surface area contributed by atoms with Crippen molar-refractivity contribution in [1.29, 1.82) is 0 Å². The predicted molar refractivity (Wildman–Crippen MR) is 85.3 cm³/mol. The Hall–Kier alpha value is -0.613. The first kappa shape index (κ1) is 17.4. The number of cyclic esters (lactones) is 1. The summed E-state index contributed by atoms with van der Waals surface area (Å²) in [4.78, 5) is 11.6. The van der Waals surface area contributed by atoms with Gasteiger partial charge < -0.3 is 9.16 Å². The van der Waals surface area contributed by atoms with Gasteiger partial charge in [0.1, 0.15) is 6.10 Å². The summed E-state index contributed by atoms with van der Waals surface area (Å²) in [6.07, 6.45) is 8.27. The molecule has 0 aliphatic carbocycles. The van der Waals surface area contributed by atoms with Crippen molar-refractivity contribution in [3.8, 4) is 0 Å². The molecule has 0 radical (unpaired) electrons. The maximum atomic E-state index is 11.6. The van der Waals surface area contributed by atoms with Crippen LogP contribution in [0.5, 0.6) is 0 Å². The maximum absolute atomic E-state index is 11.6. The van der Waals surface area contributed by atoms with Gasteiger partial charge in [-0.2, -0.15) is 0 Å². The lowest BCUT2D eigenvalue weighted by molar-refractivity contribution is -0.149. The molecule has 0 saturated carbocycles. The lowest BCUT2D eigenvalue weighted by Gasteiger charge is -2.36. The van der Waals surface area contributed by atoms with Gasteiger partial charge in [-0.1, -0.05) is 32.9 Å². The Labute approximate surface area is 124 Å². The third-order valence-electron chi connectivity index (χ3n) is 4.32. The van der Waals surface area contributed by atoms with Gasteiger partial charge in [0.25, 0.3) is 0 Å². The van der Waals surface area contributed by atoms with Gasteiger partial charge in [-0.25, -0.2) is 0 Å². The first-order chi connectivity index (χ1) is 9.22. The molecular weight excluding hydrogens is 268 g/mol. The second-order valence-electron chi connectivity index (χ2n) is 7.11. The molecule has 0 saturated heterocycles. The molecular formula is C16H30O3Si. The van der Waals surface area contributed by atoms with Gasteiger partial charge in [0.05, 0.1) is 0 Å². The van der Waals surface area contributed by atoms with Gasteiger partial charge in [0, 0.05) is 25.9 Å². The highest BCUT2D eigenvalue weighted by Crippen LogP contribution is 2.36. The fraction of sp³-hybridized carbons (Fsp3) is 0.812. The van der Waals surface area contributed by atoms with Crippen molar-refractivity contribution in [3.05, 3.63) is 12.2 Å². The molecule has 0 aromatic rings. The predicted octanol–water partition coefficient (Wildman–Crippen LogP) is 4.44. The van der Waals surface area contributed by atoms with E-state index in [1.54, 1.807) is 0 Å². The summed E-state index contributed by atoms with van der Waals surface area (Å²) in [5.74, 6) is -0.0639. The number of carbonyl (C=O) groups excluding carboxylic acids is 1. The molecule has 0 N–H and O–H groups in total. The van der Waals surface area contributed by atoms with Gasteiger partial charge in [0.15, 0.2) is 8.32 Å². The van der Waals surface area contributed by atoms with Gasteiger partial charge in [-0.15, -0.1) is 0 Å². The van der Waals surface area contributed by atoms with Crippen molar-refractivity contribution in [3.63, 3.8) is 0 Å². The van der Waals surface area contributed by atoms with Crippen LogP contribution >= 0.6 is 0 Å². The zero-order valence-electron chi connectivity index (χ0n) is 13.7. The van der Waals surface area contributed by atoms with Crippen LogP contribution in [0.1, 0.15) is 52.9 Å². The molecule has 3 nitrogen and oxygen atoms in total. The van der Waals surface area contributed by atoms with Gasteiger partial charge >= 0.3 is 5.97 Å². The number of hydrogen-bond donors (Lipinski definition) is 0. The first-order valence-electron chi connectivity index (χ1n) is 7.71. The second-order valence-corrected chi connectivity index (χ2v) is 11.9. The van der Waals surface area contributed by atoms with Crippen LogP contribution in [0.25, 0.3) is 0 Å². The highest BCUT2D eigenvalue weighted by Gasteiger charge is 2.37. The standard InChI is InChI=1S/C16H30O3Si/c1-16(2,3)20(4,5)18-13-12-14-10-8-6-7-9-11-15(17)19-14/h6,8,14H,7,9-13H2,1-5H3/b8-6-. The fourth-order valence-electron chi connectivity index (χ4n) is 1.86. The molecule has 0 fully saturated rings. The normalized spacial score (nSPS) is 23.4. The lowest BCUT2D eigenvalue weighted by atomic mass is 10.2. The Morgan fingerprint density at radius 2 is 2.05 bits per heavy atom. The van der Waals surface area contributed by atoms with Crippen LogP contribution in [0.2, 0.25) is 18.1 Å². The number of hydrogen-bond acceptors (Lipinski definition) is 3. The largest absolute Gasteiger partial charge is 0.462 e. The average Bonchev–Trinajstić information content (AvgIpc) is 2.40. The van der Waals surface area contributed by atoms with Crippen LogP contribution in [-0.2, 0) is 14.0 Å². The molecule has 1 aliphatic heterocycles. The van der Waals surface area contributed by atoms with E-state index in [4.69, 9.17) is 9.16 Å². The third-order valence-corrected chi connectivity index (χ3v) is 8.86. The molecule has 1 rings (SSSR count). The van der Waals surface area contributed by atoms with E-state index in [0.29, 0.717) is 13.0 Å². The number of ether oxygens (including phenoxy) is 1. The zero-order valence-corrected chi connectivity index (χ0v) is 14.7. The van der Waals surface area contributed by atoms with Crippen molar-refractivity contribution < 1.29 is 14.0 Å². The van der Waals surface area contributed by atoms with Crippen LogP contribution in [0.3, 0.4) is 0 Å². The molecule has 0 amide bonds. The minimum atomic E-state index is -1.70. The molecule has 0 aromatic carbocycles. The van der Waals surface area contributed by atoms with Crippen molar-refractivity contribution in [2.75, 3.05) is 6.61 Å². The second kappa shape index (κ2) is 7.41. The van der Waals surface area contributed by atoms with Crippen LogP contribution in [0.15, 0.2) is 12.2 Å². The van der Waals surface area contributed by atoms with E-state index in [2.05, 4.69) is 46.0 Å². The van der Waals surface area contributed by atoms with Crippen LogP contribution in [-0.4, -0.2) is 27.0 Å². The van der Waals surface area contributed by atoms with Crippen LogP contribution in [0, 0.1) is 0 Å². The van der Waals surface area contributed by atoms with E-state index in [9.17, 15) is 4.79 Å². The Morgan fingerprint density at radius 1 is 1.35 bits per heavy atom. The van der Waals surface area contributed by atoms with Crippen molar-refractivity contribution >= 4 is 14.3 Å². The van der Waals surface area contributed by atoms with E-state index in [0.717, 1.165) is 25.7 Å². The topological polar surface area (TPSA) is 35.5 Å². The molecule has 1 unspecified atom stereocenters. The molecule has 116 valence electrons.